The number of ether oxygens (including phenoxy) is 1. The summed E-state index contributed by atoms with van der Waals surface area (Å²) in [6.45, 7) is 5.57. The number of hydrogen-bond acceptors (Lipinski definition) is 2. The molecule has 0 radical (unpaired) electrons. The highest BCUT2D eigenvalue weighted by molar-refractivity contribution is 5.96. The van der Waals surface area contributed by atoms with Crippen molar-refractivity contribution in [2.24, 2.45) is 0 Å². The average Bonchev–Trinajstić information content (AvgIpc) is 2.29. The molecule has 0 atom stereocenters. The second kappa shape index (κ2) is 5.12. The molecule has 3 nitrogen and oxygen atoms in total. The van der Waals surface area contributed by atoms with Crippen LogP contribution in [-0.2, 0) is 16.0 Å². The second-order valence-electron chi connectivity index (χ2n) is 4.22. The van der Waals surface area contributed by atoms with Crippen molar-refractivity contribution in [1.29, 1.82) is 0 Å². The van der Waals surface area contributed by atoms with E-state index in [2.05, 4.69) is 12.2 Å². The van der Waals surface area contributed by atoms with E-state index in [1.54, 1.807) is 13.8 Å². The zero-order valence-corrected chi connectivity index (χ0v) is 10.3. The molecule has 0 aliphatic heterocycles. The van der Waals surface area contributed by atoms with E-state index < -0.39 is 5.60 Å². The molecule has 0 aliphatic rings. The standard InChI is InChI=1S/C13H19NO2/c1-5-10-7-6-8-11(9-10)14-12(15)13(2,3)16-4/h6-9H,5H2,1-4H3,(H,14,15). The van der Waals surface area contributed by atoms with E-state index in [1.807, 2.05) is 24.3 Å². The highest BCUT2D eigenvalue weighted by Crippen LogP contribution is 2.15. The number of methoxy groups -OCH3 is 1. The first-order chi connectivity index (χ1) is 7.49. The summed E-state index contributed by atoms with van der Waals surface area (Å²) in [5.41, 5.74) is 1.21. The van der Waals surface area contributed by atoms with Crippen molar-refractivity contribution in [2.75, 3.05) is 12.4 Å². The Morgan fingerprint density at radius 1 is 1.44 bits per heavy atom. The van der Waals surface area contributed by atoms with Crippen molar-refractivity contribution in [2.45, 2.75) is 32.8 Å². The summed E-state index contributed by atoms with van der Waals surface area (Å²) in [5.74, 6) is -0.136. The van der Waals surface area contributed by atoms with Crippen LogP contribution in [0.3, 0.4) is 0 Å². The van der Waals surface area contributed by atoms with Crippen LogP contribution in [0, 0.1) is 0 Å². The lowest BCUT2D eigenvalue weighted by molar-refractivity contribution is -0.133. The molecule has 0 fully saturated rings. The molecule has 0 bridgehead atoms. The predicted molar refractivity (Wildman–Crippen MR) is 65.5 cm³/mol. The van der Waals surface area contributed by atoms with E-state index in [4.69, 9.17) is 4.74 Å². The molecule has 1 amide bonds. The van der Waals surface area contributed by atoms with Gasteiger partial charge in [0.25, 0.3) is 5.91 Å². The van der Waals surface area contributed by atoms with E-state index >= 15 is 0 Å². The van der Waals surface area contributed by atoms with Crippen LogP contribution in [0.5, 0.6) is 0 Å². The zero-order chi connectivity index (χ0) is 12.2. The Bertz CT molecular complexity index is 372. The summed E-state index contributed by atoms with van der Waals surface area (Å²) in [7, 11) is 1.53. The molecule has 0 heterocycles. The minimum Gasteiger partial charge on any atom is -0.369 e. The molecule has 1 aromatic carbocycles. The fourth-order valence-electron chi connectivity index (χ4n) is 1.24. The lowest BCUT2D eigenvalue weighted by Crippen LogP contribution is -2.38. The highest BCUT2D eigenvalue weighted by Gasteiger charge is 2.26. The Kier molecular flexibility index (Phi) is 4.07. The molecule has 0 aliphatic carbocycles. The number of carbonyl (C=O) groups is 1. The van der Waals surface area contributed by atoms with Crippen molar-refractivity contribution in [3.8, 4) is 0 Å². The molecule has 16 heavy (non-hydrogen) atoms. The molecule has 1 rings (SSSR count). The van der Waals surface area contributed by atoms with Crippen LogP contribution in [0.25, 0.3) is 0 Å². The Morgan fingerprint density at radius 2 is 2.12 bits per heavy atom. The first kappa shape index (κ1) is 12.7. The van der Waals surface area contributed by atoms with E-state index in [0.717, 1.165) is 12.1 Å². The van der Waals surface area contributed by atoms with Crippen LogP contribution in [0.4, 0.5) is 5.69 Å². The van der Waals surface area contributed by atoms with Gasteiger partial charge in [-0.2, -0.15) is 0 Å². The average molecular weight is 221 g/mol. The SMILES string of the molecule is CCc1cccc(NC(=O)C(C)(C)OC)c1. The van der Waals surface area contributed by atoms with Gasteiger partial charge in [-0.1, -0.05) is 19.1 Å². The summed E-state index contributed by atoms with van der Waals surface area (Å²) in [5, 5.41) is 2.84. The lowest BCUT2D eigenvalue weighted by Gasteiger charge is -2.21. The fourth-order valence-corrected chi connectivity index (χ4v) is 1.24. The molecule has 1 N–H and O–H groups in total. The summed E-state index contributed by atoms with van der Waals surface area (Å²) < 4.78 is 5.12. The first-order valence-electron chi connectivity index (χ1n) is 5.45. The van der Waals surface area contributed by atoms with E-state index in [-0.39, 0.29) is 5.91 Å². The summed E-state index contributed by atoms with van der Waals surface area (Å²) in [6, 6.07) is 7.83. The van der Waals surface area contributed by atoms with Gasteiger partial charge < -0.3 is 10.1 Å². The van der Waals surface area contributed by atoms with Crippen LogP contribution >= 0.6 is 0 Å². The molecule has 0 unspecified atom stereocenters. The Morgan fingerprint density at radius 3 is 2.69 bits per heavy atom. The number of nitrogens with one attached hydrogen (secondary N) is 1. The Hall–Kier alpha value is -1.35. The minimum absolute atomic E-state index is 0.136. The number of rotatable bonds is 4. The maximum atomic E-state index is 11.8. The molecule has 0 saturated carbocycles. The van der Waals surface area contributed by atoms with Gasteiger partial charge in [-0.3, -0.25) is 4.79 Å². The van der Waals surface area contributed by atoms with Gasteiger partial charge in [0.15, 0.2) is 0 Å². The monoisotopic (exact) mass is 221 g/mol. The van der Waals surface area contributed by atoms with Crippen LogP contribution in [0.2, 0.25) is 0 Å². The van der Waals surface area contributed by atoms with Crippen molar-refractivity contribution >= 4 is 11.6 Å². The topological polar surface area (TPSA) is 38.3 Å². The number of aryl methyl sites for hydroxylation is 1. The van der Waals surface area contributed by atoms with E-state index in [1.165, 1.54) is 12.7 Å². The zero-order valence-electron chi connectivity index (χ0n) is 10.3. The van der Waals surface area contributed by atoms with Gasteiger partial charge >= 0.3 is 0 Å². The molecule has 1 aromatic rings. The van der Waals surface area contributed by atoms with Gasteiger partial charge in [-0.05, 0) is 38.0 Å². The van der Waals surface area contributed by atoms with Gasteiger partial charge in [0.1, 0.15) is 5.60 Å². The second-order valence-corrected chi connectivity index (χ2v) is 4.22. The first-order valence-corrected chi connectivity index (χ1v) is 5.45. The number of benzene rings is 1. The van der Waals surface area contributed by atoms with Crippen molar-refractivity contribution < 1.29 is 9.53 Å². The van der Waals surface area contributed by atoms with Gasteiger partial charge in [0.2, 0.25) is 0 Å². The molecular formula is C13H19NO2. The van der Waals surface area contributed by atoms with Gasteiger partial charge in [-0.25, -0.2) is 0 Å². The molecule has 0 aromatic heterocycles. The number of anilines is 1. The summed E-state index contributed by atoms with van der Waals surface area (Å²) >= 11 is 0. The maximum absolute atomic E-state index is 11.8. The maximum Gasteiger partial charge on any atom is 0.256 e. The van der Waals surface area contributed by atoms with Crippen LogP contribution < -0.4 is 5.32 Å². The molecule has 0 saturated heterocycles. The lowest BCUT2D eigenvalue weighted by atomic mass is 10.1. The van der Waals surface area contributed by atoms with Crippen molar-refractivity contribution in [3.05, 3.63) is 29.8 Å². The van der Waals surface area contributed by atoms with Crippen LogP contribution in [-0.4, -0.2) is 18.6 Å². The number of amides is 1. The number of hydrogen-bond donors (Lipinski definition) is 1. The van der Waals surface area contributed by atoms with E-state index in [0.29, 0.717) is 0 Å². The molecular weight excluding hydrogens is 202 g/mol. The highest BCUT2D eigenvalue weighted by atomic mass is 16.5. The third-order valence-corrected chi connectivity index (χ3v) is 2.65. The third kappa shape index (κ3) is 3.07. The quantitative estimate of drug-likeness (QED) is 0.848. The fraction of sp³-hybridized carbons (Fsp3) is 0.462. The smallest absolute Gasteiger partial charge is 0.256 e. The predicted octanol–water partition coefficient (Wildman–Crippen LogP) is 2.61. The minimum atomic E-state index is -0.803. The normalized spacial score (nSPS) is 11.2. The molecule has 88 valence electrons. The van der Waals surface area contributed by atoms with Gasteiger partial charge in [0, 0.05) is 12.8 Å². The largest absolute Gasteiger partial charge is 0.369 e. The number of carbonyl (C=O) groups excluding carboxylic acids is 1. The van der Waals surface area contributed by atoms with Gasteiger partial charge in [-0.15, -0.1) is 0 Å². The van der Waals surface area contributed by atoms with E-state index in [9.17, 15) is 4.79 Å². The Labute approximate surface area is 96.8 Å². The summed E-state index contributed by atoms with van der Waals surface area (Å²) in [6.07, 6.45) is 0.956. The Balaban J connectivity index is 2.77. The van der Waals surface area contributed by atoms with Crippen molar-refractivity contribution in [1.82, 2.24) is 0 Å². The summed E-state index contributed by atoms with van der Waals surface area (Å²) in [4.78, 5) is 11.8. The molecule has 3 heteroatoms. The van der Waals surface area contributed by atoms with Crippen LogP contribution in [0.15, 0.2) is 24.3 Å². The van der Waals surface area contributed by atoms with Crippen molar-refractivity contribution in [3.63, 3.8) is 0 Å². The third-order valence-electron chi connectivity index (χ3n) is 2.65. The molecule has 0 spiro atoms. The van der Waals surface area contributed by atoms with Gasteiger partial charge in [0.05, 0.1) is 0 Å². The van der Waals surface area contributed by atoms with Crippen LogP contribution in [0.1, 0.15) is 26.3 Å².